The van der Waals surface area contributed by atoms with Crippen LogP contribution in [-0.2, 0) is 21.2 Å². The standard InChI is InChI=1S/C18H21NO3S/c1-14-11-12-17(13-15(14)2)23(21,22)19-18(20)10-6-9-16-7-4-3-5-8-16/h3-5,7-8,11-13H,6,9-10H2,1-2H3,(H,19,20). The summed E-state index contributed by atoms with van der Waals surface area (Å²) in [6, 6.07) is 14.6. The number of aryl methyl sites for hydroxylation is 3. The van der Waals surface area contributed by atoms with E-state index >= 15 is 0 Å². The van der Waals surface area contributed by atoms with Gasteiger partial charge in [0.2, 0.25) is 5.91 Å². The fourth-order valence-electron chi connectivity index (χ4n) is 2.24. The van der Waals surface area contributed by atoms with Crippen LogP contribution in [0, 0.1) is 13.8 Å². The fourth-order valence-corrected chi connectivity index (χ4v) is 3.34. The Hall–Kier alpha value is -2.14. The molecule has 1 amide bonds. The summed E-state index contributed by atoms with van der Waals surface area (Å²) in [5, 5.41) is 0. The molecule has 23 heavy (non-hydrogen) atoms. The molecule has 0 atom stereocenters. The number of nitrogens with one attached hydrogen (secondary N) is 1. The summed E-state index contributed by atoms with van der Waals surface area (Å²) in [4.78, 5) is 12.0. The Balaban J connectivity index is 1.92. The number of hydrogen-bond donors (Lipinski definition) is 1. The van der Waals surface area contributed by atoms with Crippen LogP contribution < -0.4 is 4.72 Å². The zero-order chi connectivity index (χ0) is 16.9. The maximum absolute atomic E-state index is 12.2. The zero-order valence-corrected chi connectivity index (χ0v) is 14.2. The predicted octanol–water partition coefficient (Wildman–Crippen LogP) is 3.13. The van der Waals surface area contributed by atoms with Gasteiger partial charge in [-0.25, -0.2) is 13.1 Å². The Morgan fingerprint density at radius 1 is 1.00 bits per heavy atom. The minimum atomic E-state index is -3.79. The topological polar surface area (TPSA) is 63.2 Å². The number of amides is 1. The summed E-state index contributed by atoms with van der Waals surface area (Å²) in [5.41, 5.74) is 3.03. The van der Waals surface area contributed by atoms with Gasteiger partial charge in [-0.3, -0.25) is 4.79 Å². The van der Waals surface area contributed by atoms with Crippen molar-refractivity contribution in [1.29, 1.82) is 0 Å². The minimum Gasteiger partial charge on any atom is -0.274 e. The SMILES string of the molecule is Cc1ccc(S(=O)(=O)NC(=O)CCCc2ccccc2)cc1C. The molecule has 2 aromatic carbocycles. The highest BCUT2D eigenvalue weighted by molar-refractivity contribution is 7.90. The molecule has 0 aliphatic carbocycles. The third kappa shape index (κ3) is 4.93. The lowest BCUT2D eigenvalue weighted by Gasteiger charge is -2.09. The Bertz CT molecular complexity index is 783. The van der Waals surface area contributed by atoms with Crippen molar-refractivity contribution in [3.8, 4) is 0 Å². The summed E-state index contributed by atoms with van der Waals surface area (Å²) in [6.45, 7) is 3.75. The lowest BCUT2D eigenvalue weighted by atomic mass is 10.1. The van der Waals surface area contributed by atoms with E-state index in [-0.39, 0.29) is 11.3 Å². The van der Waals surface area contributed by atoms with Gasteiger partial charge in [0.1, 0.15) is 0 Å². The zero-order valence-electron chi connectivity index (χ0n) is 13.4. The lowest BCUT2D eigenvalue weighted by molar-refractivity contribution is -0.119. The molecule has 0 heterocycles. The molecule has 0 aliphatic heterocycles. The molecule has 0 unspecified atom stereocenters. The van der Waals surface area contributed by atoms with Crippen LogP contribution in [0.25, 0.3) is 0 Å². The molecule has 122 valence electrons. The van der Waals surface area contributed by atoms with Crippen LogP contribution in [0.15, 0.2) is 53.4 Å². The Labute approximate surface area is 137 Å². The predicted molar refractivity (Wildman–Crippen MR) is 90.6 cm³/mol. The first-order valence-electron chi connectivity index (χ1n) is 7.55. The molecule has 0 bridgehead atoms. The van der Waals surface area contributed by atoms with Gasteiger partial charge in [-0.2, -0.15) is 0 Å². The Morgan fingerprint density at radius 2 is 1.70 bits per heavy atom. The van der Waals surface area contributed by atoms with Gasteiger partial charge in [0.25, 0.3) is 10.0 Å². The summed E-state index contributed by atoms with van der Waals surface area (Å²) in [7, 11) is -3.79. The van der Waals surface area contributed by atoms with E-state index < -0.39 is 15.9 Å². The average Bonchev–Trinajstić information content (AvgIpc) is 2.50. The largest absolute Gasteiger partial charge is 0.274 e. The molecular formula is C18H21NO3S. The van der Waals surface area contributed by atoms with Gasteiger partial charge in [-0.05, 0) is 55.5 Å². The third-order valence-corrected chi connectivity index (χ3v) is 5.12. The number of carbonyl (C=O) groups is 1. The smallest absolute Gasteiger partial charge is 0.264 e. The van der Waals surface area contributed by atoms with E-state index in [1.165, 1.54) is 6.07 Å². The van der Waals surface area contributed by atoms with Crippen LogP contribution in [0.3, 0.4) is 0 Å². The molecular weight excluding hydrogens is 310 g/mol. The third-order valence-electron chi connectivity index (χ3n) is 3.75. The summed E-state index contributed by atoms with van der Waals surface area (Å²) in [5.74, 6) is -0.473. The van der Waals surface area contributed by atoms with Crippen molar-refractivity contribution in [2.75, 3.05) is 0 Å². The van der Waals surface area contributed by atoms with Crippen LogP contribution in [0.5, 0.6) is 0 Å². The summed E-state index contributed by atoms with van der Waals surface area (Å²) in [6.07, 6.45) is 1.54. The van der Waals surface area contributed by atoms with Gasteiger partial charge >= 0.3 is 0 Å². The highest BCUT2D eigenvalue weighted by Gasteiger charge is 2.17. The first-order chi connectivity index (χ1) is 10.9. The molecule has 0 fully saturated rings. The summed E-state index contributed by atoms with van der Waals surface area (Å²) >= 11 is 0. The molecule has 0 radical (unpaired) electrons. The highest BCUT2D eigenvalue weighted by atomic mass is 32.2. The van der Waals surface area contributed by atoms with Gasteiger partial charge in [0, 0.05) is 6.42 Å². The number of sulfonamides is 1. The van der Waals surface area contributed by atoms with E-state index in [4.69, 9.17) is 0 Å². The molecule has 4 nitrogen and oxygen atoms in total. The van der Waals surface area contributed by atoms with Crippen LogP contribution in [-0.4, -0.2) is 14.3 Å². The lowest BCUT2D eigenvalue weighted by Crippen LogP contribution is -2.30. The normalized spacial score (nSPS) is 11.2. The number of rotatable bonds is 6. The van der Waals surface area contributed by atoms with Gasteiger partial charge in [-0.1, -0.05) is 36.4 Å². The quantitative estimate of drug-likeness (QED) is 0.884. The van der Waals surface area contributed by atoms with E-state index in [2.05, 4.69) is 4.72 Å². The molecule has 0 aromatic heterocycles. The van der Waals surface area contributed by atoms with Crippen molar-refractivity contribution in [3.63, 3.8) is 0 Å². The van der Waals surface area contributed by atoms with Gasteiger partial charge in [-0.15, -0.1) is 0 Å². The second-order valence-electron chi connectivity index (χ2n) is 5.61. The van der Waals surface area contributed by atoms with E-state index in [0.717, 1.165) is 23.1 Å². The minimum absolute atomic E-state index is 0.122. The molecule has 1 N–H and O–H groups in total. The molecule has 0 saturated heterocycles. The van der Waals surface area contributed by atoms with Gasteiger partial charge < -0.3 is 0 Å². The van der Waals surface area contributed by atoms with E-state index in [9.17, 15) is 13.2 Å². The molecule has 2 aromatic rings. The van der Waals surface area contributed by atoms with Crippen molar-refractivity contribution in [2.24, 2.45) is 0 Å². The van der Waals surface area contributed by atoms with Gasteiger partial charge in [0.15, 0.2) is 0 Å². The maximum atomic E-state index is 12.2. The van der Waals surface area contributed by atoms with Crippen molar-refractivity contribution in [2.45, 2.75) is 38.0 Å². The van der Waals surface area contributed by atoms with Crippen molar-refractivity contribution in [3.05, 3.63) is 65.2 Å². The first kappa shape index (κ1) is 17.2. The highest BCUT2D eigenvalue weighted by Crippen LogP contribution is 2.15. The van der Waals surface area contributed by atoms with E-state index in [1.54, 1.807) is 12.1 Å². The molecule has 0 saturated carbocycles. The first-order valence-corrected chi connectivity index (χ1v) is 9.03. The molecule has 5 heteroatoms. The molecule has 0 aliphatic rings. The number of hydrogen-bond acceptors (Lipinski definition) is 3. The van der Waals surface area contributed by atoms with Crippen LogP contribution in [0.2, 0.25) is 0 Å². The van der Waals surface area contributed by atoms with Crippen molar-refractivity contribution in [1.82, 2.24) is 4.72 Å². The Kier molecular flexibility index (Phi) is 5.55. The van der Waals surface area contributed by atoms with Gasteiger partial charge in [0.05, 0.1) is 4.90 Å². The Morgan fingerprint density at radius 3 is 2.35 bits per heavy atom. The molecule has 0 spiro atoms. The average molecular weight is 331 g/mol. The molecule has 2 rings (SSSR count). The van der Waals surface area contributed by atoms with Crippen molar-refractivity contribution < 1.29 is 13.2 Å². The van der Waals surface area contributed by atoms with Crippen LogP contribution in [0.1, 0.15) is 29.5 Å². The second-order valence-corrected chi connectivity index (χ2v) is 7.30. The number of carbonyl (C=O) groups excluding carboxylic acids is 1. The fraction of sp³-hybridized carbons (Fsp3) is 0.278. The second kappa shape index (κ2) is 7.42. The van der Waals surface area contributed by atoms with Crippen LogP contribution in [0.4, 0.5) is 0 Å². The summed E-state index contributed by atoms with van der Waals surface area (Å²) < 4.78 is 26.6. The van der Waals surface area contributed by atoms with Crippen LogP contribution >= 0.6 is 0 Å². The van der Waals surface area contributed by atoms with E-state index in [1.807, 2.05) is 44.2 Å². The monoisotopic (exact) mass is 331 g/mol. The number of benzene rings is 2. The van der Waals surface area contributed by atoms with Crippen molar-refractivity contribution >= 4 is 15.9 Å². The van der Waals surface area contributed by atoms with E-state index in [0.29, 0.717) is 6.42 Å². The maximum Gasteiger partial charge on any atom is 0.264 e.